The largest absolute Gasteiger partial charge is 0.468 e. The van der Waals surface area contributed by atoms with E-state index < -0.39 is 0 Å². The van der Waals surface area contributed by atoms with E-state index in [0.717, 1.165) is 17.2 Å². The van der Waals surface area contributed by atoms with Gasteiger partial charge in [-0.2, -0.15) is 0 Å². The number of furan rings is 2. The van der Waals surface area contributed by atoms with Crippen LogP contribution in [-0.4, -0.2) is 10.9 Å². The summed E-state index contributed by atoms with van der Waals surface area (Å²) in [6.07, 6.45) is 3.92. The fourth-order valence-electron chi connectivity index (χ4n) is 2.61. The summed E-state index contributed by atoms with van der Waals surface area (Å²) < 4.78 is 10.9. The molecule has 0 amide bonds. The maximum atomic E-state index is 9.19. The van der Waals surface area contributed by atoms with Crippen LogP contribution in [0.5, 0.6) is 0 Å². The lowest BCUT2D eigenvalue weighted by atomic mass is 9.85. The van der Waals surface area contributed by atoms with Gasteiger partial charge in [-0.25, -0.2) is 0 Å². The van der Waals surface area contributed by atoms with Crippen LogP contribution in [0.15, 0.2) is 50.8 Å². The predicted octanol–water partition coefficient (Wildman–Crippen LogP) is 3.11. The molecule has 2 aromatic rings. The molecule has 5 nitrogen and oxygen atoms in total. The lowest BCUT2D eigenvalue weighted by Crippen LogP contribution is -2.41. The number of hydrogen-bond donors (Lipinski definition) is 2. The Kier molecular flexibility index (Phi) is 3.13. The van der Waals surface area contributed by atoms with Gasteiger partial charge in [-0.1, -0.05) is 12.1 Å². The van der Waals surface area contributed by atoms with E-state index >= 15 is 0 Å². The second kappa shape index (κ2) is 4.93. The van der Waals surface area contributed by atoms with Crippen molar-refractivity contribution in [3.63, 3.8) is 0 Å². The highest BCUT2D eigenvalue weighted by atomic mass is 16.4. The van der Waals surface area contributed by atoms with E-state index in [1.807, 2.05) is 31.2 Å². The van der Waals surface area contributed by atoms with Crippen LogP contribution < -0.4 is 5.32 Å². The quantitative estimate of drug-likeness (QED) is 0.643. The number of rotatable bonds is 2. The molecule has 5 heteroatoms. The summed E-state index contributed by atoms with van der Waals surface area (Å²) in [4.78, 5) is 0. The average molecular weight is 260 g/mol. The third-order valence-corrected chi connectivity index (χ3v) is 3.68. The molecular weight excluding hydrogens is 244 g/mol. The fourth-order valence-corrected chi connectivity index (χ4v) is 2.61. The Hall–Kier alpha value is -2.01. The Labute approximate surface area is 110 Å². The Morgan fingerprint density at radius 2 is 1.89 bits per heavy atom. The molecule has 1 saturated heterocycles. The molecule has 1 fully saturated rings. The van der Waals surface area contributed by atoms with Crippen molar-refractivity contribution in [2.24, 2.45) is 11.1 Å². The molecule has 0 radical (unpaired) electrons. The van der Waals surface area contributed by atoms with Gasteiger partial charge in [0.25, 0.3) is 0 Å². The molecule has 0 aromatic carbocycles. The van der Waals surface area contributed by atoms with Gasteiger partial charge in [0.1, 0.15) is 11.5 Å². The molecule has 2 aromatic heterocycles. The summed E-state index contributed by atoms with van der Waals surface area (Å²) >= 11 is 0. The molecule has 0 aliphatic carbocycles. The Morgan fingerprint density at radius 3 is 2.47 bits per heavy atom. The zero-order valence-electron chi connectivity index (χ0n) is 10.6. The molecule has 0 bridgehead atoms. The van der Waals surface area contributed by atoms with E-state index in [-0.39, 0.29) is 18.0 Å². The van der Waals surface area contributed by atoms with Crippen LogP contribution in [0, 0.1) is 5.92 Å². The zero-order valence-corrected chi connectivity index (χ0v) is 10.6. The normalized spacial score (nSPS) is 29.7. The number of nitrogens with one attached hydrogen (secondary N) is 1. The molecule has 2 N–H and O–H groups in total. The van der Waals surface area contributed by atoms with E-state index in [1.165, 1.54) is 0 Å². The summed E-state index contributed by atoms with van der Waals surface area (Å²) in [5, 5.41) is 16.1. The maximum Gasteiger partial charge on any atom is 0.121 e. The van der Waals surface area contributed by atoms with Crippen molar-refractivity contribution >= 4 is 5.71 Å². The highest BCUT2D eigenvalue weighted by Crippen LogP contribution is 2.35. The van der Waals surface area contributed by atoms with Crippen LogP contribution in [0.1, 0.15) is 36.9 Å². The summed E-state index contributed by atoms with van der Waals surface area (Å²) in [6.45, 7) is 2.02. The Morgan fingerprint density at radius 1 is 1.21 bits per heavy atom. The minimum Gasteiger partial charge on any atom is -0.468 e. The van der Waals surface area contributed by atoms with E-state index in [4.69, 9.17) is 8.83 Å². The number of oxime groups is 1. The smallest absolute Gasteiger partial charge is 0.121 e. The molecule has 100 valence electrons. The summed E-state index contributed by atoms with van der Waals surface area (Å²) in [5.74, 6) is 1.75. The maximum absolute atomic E-state index is 9.19. The first-order valence-electron chi connectivity index (χ1n) is 6.33. The number of nitrogens with zero attached hydrogens (tertiary/aromatic N) is 1. The van der Waals surface area contributed by atoms with Gasteiger partial charge in [-0.15, -0.1) is 0 Å². The van der Waals surface area contributed by atoms with Crippen molar-refractivity contribution in [1.82, 2.24) is 5.32 Å². The van der Waals surface area contributed by atoms with E-state index in [1.54, 1.807) is 12.5 Å². The van der Waals surface area contributed by atoms with Crippen LogP contribution in [0.3, 0.4) is 0 Å². The van der Waals surface area contributed by atoms with E-state index in [2.05, 4.69) is 10.5 Å². The molecular formula is C14H16N2O3. The second-order valence-corrected chi connectivity index (χ2v) is 4.81. The Balaban J connectivity index is 1.91. The van der Waals surface area contributed by atoms with Gasteiger partial charge >= 0.3 is 0 Å². The van der Waals surface area contributed by atoms with Crippen molar-refractivity contribution in [1.29, 1.82) is 0 Å². The molecule has 1 aliphatic rings. The molecule has 19 heavy (non-hydrogen) atoms. The van der Waals surface area contributed by atoms with Gasteiger partial charge in [0.2, 0.25) is 0 Å². The van der Waals surface area contributed by atoms with Crippen molar-refractivity contribution in [2.45, 2.75) is 25.4 Å². The molecule has 0 spiro atoms. The highest BCUT2D eigenvalue weighted by molar-refractivity contribution is 5.88. The first kappa shape index (κ1) is 12.0. The first-order valence-corrected chi connectivity index (χ1v) is 6.33. The summed E-state index contributed by atoms with van der Waals surface area (Å²) in [5.41, 5.74) is 0.751. The summed E-state index contributed by atoms with van der Waals surface area (Å²) in [7, 11) is 0. The van der Waals surface area contributed by atoms with Gasteiger partial charge in [-0.3, -0.25) is 5.32 Å². The van der Waals surface area contributed by atoms with E-state index in [0.29, 0.717) is 6.42 Å². The molecule has 0 saturated carbocycles. The molecule has 0 unspecified atom stereocenters. The fraction of sp³-hybridized carbons (Fsp3) is 0.357. The molecule has 3 heterocycles. The molecule has 3 atom stereocenters. The monoisotopic (exact) mass is 260 g/mol. The van der Waals surface area contributed by atoms with Gasteiger partial charge in [-0.05, 0) is 24.3 Å². The lowest BCUT2D eigenvalue weighted by Gasteiger charge is -2.34. The van der Waals surface area contributed by atoms with Gasteiger partial charge in [0.05, 0.1) is 30.3 Å². The standard InChI is InChI=1S/C14H16N2O3/c1-9-10(16-17)8-11(12-4-2-6-18-12)15-14(9)13-5-3-7-19-13/h2-7,9,11,14-15,17H,8H2,1H3/b16-10-/t9-,11-,14+/m0/s1. The van der Waals surface area contributed by atoms with Crippen LogP contribution in [0.2, 0.25) is 0 Å². The van der Waals surface area contributed by atoms with Crippen LogP contribution in [-0.2, 0) is 0 Å². The van der Waals surface area contributed by atoms with Gasteiger partial charge in [0, 0.05) is 12.3 Å². The topological polar surface area (TPSA) is 70.9 Å². The second-order valence-electron chi connectivity index (χ2n) is 4.81. The molecule has 3 rings (SSSR count). The van der Waals surface area contributed by atoms with Crippen LogP contribution in [0.4, 0.5) is 0 Å². The number of hydrogen-bond acceptors (Lipinski definition) is 5. The van der Waals surface area contributed by atoms with Crippen molar-refractivity contribution < 1.29 is 14.0 Å². The molecule has 1 aliphatic heterocycles. The van der Waals surface area contributed by atoms with Crippen LogP contribution >= 0.6 is 0 Å². The minimum absolute atomic E-state index is 0.00722. The predicted molar refractivity (Wildman–Crippen MR) is 69.0 cm³/mol. The summed E-state index contributed by atoms with van der Waals surface area (Å²) in [6, 6.07) is 7.52. The van der Waals surface area contributed by atoms with Crippen molar-refractivity contribution in [3.8, 4) is 0 Å². The third-order valence-electron chi connectivity index (χ3n) is 3.68. The first-order chi connectivity index (χ1) is 9.29. The third kappa shape index (κ3) is 2.17. The number of piperidine rings is 1. The minimum atomic E-state index is -0.0234. The van der Waals surface area contributed by atoms with E-state index in [9.17, 15) is 5.21 Å². The SMILES string of the molecule is C[C@H]1/C(=N\O)C[C@@H](c2ccco2)N[C@H]1c1ccco1. The van der Waals surface area contributed by atoms with Crippen LogP contribution in [0.25, 0.3) is 0 Å². The van der Waals surface area contributed by atoms with Gasteiger partial charge in [0.15, 0.2) is 0 Å². The highest BCUT2D eigenvalue weighted by Gasteiger charge is 2.36. The lowest BCUT2D eigenvalue weighted by molar-refractivity contribution is 0.267. The van der Waals surface area contributed by atoms with Gasteiger partial charge < -0.3 is 14.0 Å². The Bertz CT molecular complexity index is 545. The van der Waals surface area contributed by atoms with Crippen molar-refractivity contribution in [3.05, 3.63) is 48.3 Å². The average Bonchev–Trinajstić information content (AvgIpc) is 3.12. The zero-order chi connectivity index (χ0) is 13.2. The van der Waals surface area contributed by atoms with Crippen molar-refractivity contribution in [2.75, 3.05) is 0 Å².